The first-order chi connectivity index (χ1) is 10.5. The molecule has 1 aromatic rings. The molecule has 0 heterocycles. The van der Waals surface area contributed by atoms with Crippen LogP contribution >= 0.6 is 0 Å². The highest BCUT2D eigenvalue weighted by Gasteiger charge is 2.16. The van der Waals surface area contributed by atoms with Crippen LogP contribution in [0.3, 0.4) is 0 Å². The third kappa shape index (κ3) is 5.39. The number of non-ortho nitro benzene ring substituents is 1. The highest BCUT2D eigenvalue weighted by Crippen LogP contribution is 2.17. The van der Waals surface area contributed by atoms with Crippen LogP contribution in [0.15, 0.2) is 24.3 Å². The number of likely N-dealkylation sites (N-methyl/N-ethyl adjacent to an activating group) is 2. The van der Waals surface area contributed by atoms with Gasteiger partial charge in [0.25, 0.3) is 11.6 Å². The summed E-state index contributed by atoms with van der Waals surface area (Å²) < 4.78 is 5.28. The van der Waals surface area contributed by atoms with Crippen molar-refractivity contribution >= 4 is 17.5 Å². The second kappa shape index (κ2) is 8.60. The molecule has 0 aromatic heterocycles. The summed E-state index contributed by atoms with van der Waals surface area (Å²) in [7, 11) is 0. The van der Waals surface area contributed by atoms with E-state index in [1.165, 1.54) is 29.2 Å². The summed E-state index contributed by atoms with van der Waals surface area (Å²) in [4.78, 5) is 34.8. The fourth-order valence-electron chi connectivity index (χ4n) is 1.70. The van der Waals surface area contributed by atoms with Crippen molar-refractivity contribution in [1.82, 2.24) is 10.2 Å². The molecule has 1 rings (SSSR count). The van der Waals surface area contributed by atoms with E-state index in [1.807, 2.05) is 0 Å². The van der Waals surface area contributed by atoms with Crippen molar-refractivity contribution in [2.75, 3.05) is 26.2 Å². The van der Waals surface area contributed by atoms with Crippen molar-refractivity contribution < 1.29 is 19.2 Å². The standard InChI is InChI=1S/C14H19N3O5/c1-3-15-13(18)9-16(4-2)14(19)10-22-12-7-5-11(6-8-12)17(20)21/h5-8H,3-4,9-10H2,1-2H3,(H,15,18). The Bertz CT molecular complexity index is 530. The molecule has 1 aromatic carbocycles. The minimum absolute atomic E-state index is 0.0210. The first kappa shape index (κ1) is 17.4. The largest absolute Gasteiger partial charge is 0.484 e. The molecule has 0 spiro atoms. The van der Waals surface area contributed by atoms with E-state index in [0.29, 0.717) is 18.8 Å². The summed E-state index contributed by atoms with van der Waals surface area (Å²) in [5.41, 5.74) is -0.0508. The fourth-order valence-corrected chi connectivity index (χ4v) is 1.70. The van der Waals surface area contributed by atoms with E-state index < -0.39 is 4.92 Å². The van der Waals surface area contributed by atoms with Gasteiger partial charge in [-0.3, -0.25) is 19.7 Å². The molecule has 0 fully saturated rings. The maximum absolute atomic E-state index is 12.0. The number of carbonyl (C=O) groups excluding carboxylic acids is 2. The molecule has 0 atom stereocenters. The quantitative estimate of drug-likeness (QED) is 0.569. The van der Waals surface area contributed by atoms with Gasteiger partial charge in [-0.2, -0.15) is 0 Å². The van der Waals surface area contributed by atoms with Crippen molar-refractivity contribution in [3.8, 4) is 5.75 Å². The first-order valence-corrected chi connectivity index (χ1v) is 6.89. The van der Waals surface area contributed by atoms with Gasteiger partial charge in [-0.05, 0) is 26.0 Å². The second-order valence-electron chi connectivity index (χ2n) is 4.40. The molecule has 1 N–H and O–H groups in total. The van der Waals surface area contributed by atoms with Crippen LogP contribution in [-0.4, -0.2) is 47.9 Å². The summed E-state index contributed by atoms with van der Waals surface area (Å²) in [6.45, 7) is 4.21. The summed E-state index contributed by atoms with van der Waals surface area (Å²) in [5.74, 6) is -0.201. The zero-order valence-corrected chi connectivity index (χ0v) is 12.6. The number of benzene rings is 1. The van der Waals surface area contributed by atoms with Crippen LogP contribution in [-0.2, 0) is 9.59 Å². The van der Waals surface area contributed by atoms with Crippen molar-refractivity contribution in [1.29, 1.82) is 0 Å². The van der Waals surface area contributed by atoms with Crippen LogP contribution in [0.1, 0.15) is 13.8 Å². The lowest BCUT2D eigenvalue weighted by molar-refractivity contribution is -0.384. The van der Waals surface area contributed by atoms with Gasteiger partial charge >= 0.3 is 0 Å². The average molecular weight is 309 g/mol. The van der Waals surface area contributed by atoms with Crippen LogP contribution in [0.4, 0.5) is 5.69 Å². The molecule has 8 nitrogen and oxygen atoms in total. The Morgan fingerprint density at radius 3 is 2.41 bits per heavy atom. The predicted molar refractivity (Wildman–Crippen MR) is 79.5 cm³/mol. The van der Waals surface area contributed by atoms with Crippen LogP contribution in [0, 0.1) is 10.1 Å². The molecular formula is C14H19N3O5. The van der Waals surface area contributed by atoms with E-state index in [9.17, 15) is 19.7 Å². The van der Waals surface area contributed by atoms with Crippen molar-refractivity contribution in [2.24, 2.45) is 0 Å². The molecule has 0 aliphatic carbocycles. The smallest absolute Gasteiger partial charge is 0.269 e. The normalized spacial score (nSPS) is 9.91. The summed E-state index contributed by atoms with van der Waals surface area (Å²) >= 11 is 0. The maximum atomic E-state index is 12.0. The van der Waals surface area contributed by atoms with Crippen LogP contribution in [0.2, 0.25) is 0 Å². The summed E-state index contributed by atoms with van der Waals surface area (Å²) in [5, 5.41) is 13.1. The molecule has 2 amide bonds. The monoisotopic (exact) mass is 309 g/mol. The van der Waals surface area contributed by atoms with Gasteiger partial charge in [0.15, 0.2) is 6.61 Å². The number of ether oxygens (including phenoxy) is 1. The average Bonchev–Trinajstić information content (AvgIpc) is 2.50. The van der Waals surface area contributed by atoms with Gasteiger partial charge in [-0.25, -0.2) is 0 Å². The van der Waals surface area contributed by atoms with E-state index in [4.69, 9.17) is 4.74 Å². The van der Waals surface area contributed by atoms with Gasteiger partial charge in [0.1, 0.15) is 5.75 Å². The molecule has 0 aliphatic rings. The molecule has 120 valence electrons. The highest BCUT2D eigenvalue weighted by molar-refractivity contribution is 5.85. The minimum Gasteiger partial charge on any atom is -0.484 e. The number of carbonyl (C=O) groups is 2. The topological polar surface area (TPSA) is 102 Å². The van der Waals surface area contributed by atoms with Gasteiger partial charge in [0.2, 0.25) is 5.91 Å². The Morgan fingerprint density at radius 2 is 1.91 bits per heavy atom. The first-order valence-electron chi connectivity index (χ1n) is 6.89. The van der Waals surface area contributed by atoms with Crippen molar-refractivity contribution in [2.45, 2.75) is 13.8 Å². The number of hydrogen-bond donors (Lipinski definition) is 1. The highest BCUT2D eigenvalue weighted by atomic mass is 16.6. The van der Waals surface area contributed by atoms with Gasteiger partial charge in [-0.15, -0.1) is 0 Å². The fraction of sp³-hybridized carbons (Fsp3) is 0.429. The molecular weight excluding hydrogens is 290 g/mol. The number of nitrogens with zero attached hydrogens (tertiary/aromatic N) is 2. The number of nitrogens with one attached hydrogen (secondary N) is 1. The van der Waals surface area contributed by atoms with E-state index in [1.54, 1.807) is 13.8 Å². The van der Waals surface area contributed by atoms with Crippen LogP contribution in [0.5, 0.6) is 5.75 Å². The minimum atomic E-state index is -0.514. The molecule has 0 unspecified atom stereocenters. The van der Waals surface area contributed by atoms with Crippen LogP contribution < -0.4 is 10.1 Å². The Morgan fingerprint density at radius 1 is 1.27 bits per heavy atom. The SMILES string of the molecule is CCNC(=O)CN(CC)C(=O)COc1ccc([N+](=O)[O-])cc1. The zero-order valence-electron chi connectivity index (χ0n) is 12.6. The third-order valence-electron chi connectivity index (χ3n) is 2.85. The molecule has 8 heteroatoms. The number of nitro benzene ring substituents is 1. The van der Waals surface area contributed by atoms with Crippen LogP contribution in [0.25, 0.3) is 0 Å². The third-order valence-corrected chi connectivity index (χ3v) is 2.85. The van der Waals surface area contributed by atoms with E-state index >= 15 is 0 Å². The Hall–Kier alpha value is -2.64. The summed E-state index contributed by atoms with van der Waals surface area (Å²) in [6.07, 6.45) is 0. The molecule has 0 saturated carbocycles. The van der Waals surface area contributed by atoms with Gasteiger partial charge in [0.05, 0.1) is 11.5 Å². The second-order valence-corrected chi connectivity index (χ2v) is 4.40. The van der Waals surface area contributed by atoms with Gasteiger partial charge < -0.3 is 15.0 Å². The lowest BCUT2D eigenvalue weighted by atomic mass is 10.3. The Labute approximate surface area is 128 Å². The lowest BCUT2D eigenvalue weighted by Crippen LogP contribution is -2.42. The van der Waals surface area contributed by atoms with Crippen molar-refractivity contribution in [3.05, 3.63) is 34.4 Å². The summed E-state index contributed by atoms with van der Waals surface area (Å²) in [6, 6.07) is 5.44. The molecule has 22 heavy (non-hydrogen) atoms. The Kier molecular flexibility index (Phi) is 6.81. The number of rotatable bonds is 8. The molecule has 0 aliphatic heterocycles. The molecule has 0 saturated heterocycles. The van der Waals surface area contributed by atoms with E-state index in [2.05, 4.69) is 5.32 Å². The van der Waals surface area contributed by atoms with E-state index in [0.717, 1.165) is 0 Å². The zero-order chi connectivity index (χ0) is 16.5. The number of nitro groups is 1. The van der Waals surface area contributed by atoms with E-state index in [-0.39, 0.29) is 30.7 Å². The Balaban J connectivity index is 2.52. The maximum Gasteiger partial charge on any atom is 0.269 e. The number of amides is 2. The molecule has 0 bridgehead atoms. The van der Waals surface area contributed by atoms with Crippen molar-refractivity contribution in [3.63, 3.8) is 0 Å². The van der Waals surface area contributed by atoms with Gasteiger partial charge in [0, 0.05) is 25.2 Å². The van der Waals surface area contributed by atoms with Gasteiger partial charge in [-0.1, -0.05) is 0 Å². The lowest BCUT2D eigenvalue weighted by Gasteiger charge is -2.20. The number of hydrogen-bond acceptors (Lipinski definition) is 5. The molecule has 0 radical (unpaired) electrons. The predicted octanol–water partition coefficient (Wildman–Crippen LogP) is 0.958.